The van der Waals surface area contributed by atoms with Gasteiger partial charge in [0.25, 0.3) is 5.91 Å². The molecule has 0 aliphatic rings. The van der Waals surface area contributed by atoms with Crippen molar-refractivity contribution < 1.29 is 27.8 Å². The first-order chi connectivity index (χ1) is 11.5. The highest BCUT2D eigenvalue weighted by molar-refractivity contribution is 7.10. The van der Waals surface area contributed by atoms with E-state index < -0.39 is 24.5 Å². The van der Waals surface area contributed by atoms with Gasteiger partial charge in [-0.25, -0.2) is 0 Å². The molecule has 1 aromatic heterocycles. The molecule has 0 aliphatic carbocycles. The summed E-state index contributed by atoms with van der Waals surface area (Å²) in [5.74, 6) is -1.34. The molecule has 8 heteroatoms. The van der Waals surface area contributed by atoms with Crippen molar-refractivity contribution >= 4 is 23.2 Å². The molecule has 0 saturated heterocycles. The number of hydrogen-bond donors (Lipinski definition) is 1. The molecule has 0 saturated carbocycles. The van der Waals surface area contributed by atoms with Crippen molar-refractivity contribution in [2.24, 2.45) is 0 Å². The van der Waals surface area contributed by atoms with Crippen molar-refractivity contribution in [3.8, 4) is 5.75 Å². The third kappa shape index (κ3) is 4.76. The molecule has 1 atom stereocenters. The van der Waals surface area contributed by atoms with Gasteiger partial charge >= 0.3 is 12.6 Å². The fraction of sp³-hybridized carbons (Fsp3) is 0.250. The standard InChI is InChI=1S/C16H15F2NO4S/c1-22-14(20)9-11(13-7-4-8-24-13)19-15(21)10-5-2-3-6-12(10)23-16(17)18/h2-8,11,16H,9H2,1H3,(H,19,21)/t11-/m1/s1. The van der Waals surface area contributed by atoms with Gasteiger partial charge in [0.2, 0.25) is 0 Å². The van der Waals surface area contributed by atoms with Crippen LogP contribution in [0.15, 0.2) is 41.8 Å². The summed E-state index contributed by atoms with van der Waals surface area (Å²) in [6.45, 7) is -3.04. The number of para-hydroxylation sites is 1. The Kier molecular flexibility index (Phi) is 6.25. The predicted molar refractivity (Wildman–Crippen MR) is 84.2 cm³/mol. The lowest BCUT2D eigenvalue weighted by molar-refractivity contribution is -0.141. The highest BCUT2D eigenvalue weighted by Crippen LogP contribution is 2.25. The lowest BCUT2D eigenvalue weighted by atomic mass is 10.1. The van der Waals surface area contributed by atoms with Gasteiger partial charge in [-0.1, -0.05) is 18.2 Å². The highest BCUT2D eigenvalue weighted by Gasteiger charge is 2.22. The number of rotatable bonds is 7. The summed E-state index contributed by atoms with van der Waals surface area (Å²) in [4.78, 5) is 24.7. The van der Waals surface area contributed by atoms with Crippen LogP contribution >= 0.6 is 11.3 Å². The van der Waals surface area contributed by atoms with Gasteiger partial charge in [0.15, 0.2) is 0 Å². The van der Waals surface area contributed by atoms with E-state index in [9.17, 15) is 18.4 Å². The lowest BCUT2D eigenvalue weighted by Crippen LogP contribution is -2.30. The van der Waals surface area contributed by atoms with E-state index in [2.05, 4.69) is 14.8 Å². The molecule has 2 rings (SSSR count). The van der Waals surface area contributed by atoms with Crippen LogP contribution in [0.3, 0.4) is 0 Å². The molecule has 1 aromatic carbocycles. The van der Waals surface area contributed by atoms with Gasteiger partial charge in [-0.3, -0.25) is 9.59 Å². The first kappa shape index (κ1) is 17.9. The average Bonchev–Trinajstić information content (AvgIpc) is 3.08. The number of methoxy groups -OCH3 is 1. The minimum absolute atomic E-state index is 0.0378. The first-order valence-corrected chi connectivity index (χ1v) is 7.84. The number of hydrogen-bond acceptors (Lipinski definition) is 5. The summed E-state index contributed by atoms with van der Waals surface area (Å²) in [7, 11) is 1.25. The Morgan fingerprint density at radius 2 is 1.96 bits per heavy atom. The zero-order valence-electron chi connectivity index (χ0n) is 12.7. The number of esters is 1. The average molecular weight is 355 g/mol. The van der Waals surface area contributed by atoms with Crippen LogP contribution in [0, 0.1) is 0 Å². The van der Waals surface area contributed by atoms with Gasteiger partial charge in [0.1, 0.15) is 5.75 Å². The SMILES string of the molecule is COC(=O)C[C@@H](NC(=O)c1ccccc1OC(F)F)c1cccs1. The number of ether oxygens (including phenoxy) is 2. The largest absolute Gasteiger partial charge is 0.469 e. The molecule has 2 aromatic rings. The van der Waals surface area contributed by atoms with Crippen LogP contribution in [0.5, 0.6) is 5.75 Å². The van der Waals surface area contributed by atoms with E-state index in [1.807, 2.05) is 0 Å². The zero-order valence-corrected chi connectivity index (χ0v) is 13.5. The fourth-order valence-electron chi connectivity index (χ4n) is 2.05. The molecule has 5 nitrogen and oxygen atoms in total. The second kappa shape index (κ2) is 8.39. The van der Waals surface area contributed by atoms with Crippen LogP contribution in [-0.2, 0) is 9.53 Å². The highest BCUT2D eigenvalue weighted by atomic mass is 32.1. The Labute approximate surface area is 141 Å². The predicted octanol–water partition coefficient (Wildman–Crippen LogP) is 3.38. The normalized spacial score (nSPS) is 11.8. The van der Waals surface area contributed by atoms with Crippen LogP contribution in [0.25, 0.3) is 0 Å². The Bertz CT molecular complexity index is 691. The van der Waals surface area contributed by atoms with Crippen molar-refractivity contribution in [3.63, 3.8) is 0 Å². The minimum Gasteiger partial charge on any atom is -0.469 e. The molecule has 128 valence electrons. The number of amides is 1. The van der Waals surface area contributed by atoms with E-state index in [0.717, 1.165) is 4.88 Å². The van der Waals surface area contributed by atoms with E-state index in [-0.39, 0.29) is 17.7 Å². The minimum atomic E-state index is -3.04. The van der Waals surface area contributed by atoms with Gasteiger partial charge in [0, 0.05) is 4.88 Å². The fourth-order valence-corrected chi connectivity index (χ4v) is 2.83. The van der Waals surface area contributed by atoms with E-state index in [4.69, 9.17) is 0 Å². The summed E-state index contributed by atoms with van der Waals surface area (Å²) in [6, 6.07) is 8.60. The second-order valence-corrected chi connectivity index (χ2v) is 5.68. The molecule has 0 radical (unpaired) electrons. The van der Waals surface area contributed by atoms with Crippen LogP contribution in [0.1, 0.15) is 27.7 Å². The number of thiophene rings is 1. The summed E-state index contributed by atoms with van der Waals surface area (Å²) in [6.07, 6.45) is -0.0688. The molecule has 0 fully saturated rings. The van der Waals surface area contributed by atoms with Gasteiger partial charge in [-0.2, -0.15) is 8.78 Å². The van der Waals surface area contributed by atoms with Gasteiger partial charge in [0.05, 0.1) is 25.1 Å². The number of halogens is 2. The number of carbonyl (C=O) groups is 2. The number of alkyl halides is 2. The molecular weight excluding hydrogens is 340 g/mol. The first-order valence-electron chi connectivity index (χ1n) is 6.96. The lowest BCUT2D eigenvalue weighted by Gasteiger charge is -2.17. The quantitative estimate of drug-likeness (QED) is 0.774. The summed E-state index contributed by atoms with van der Waals surface area (Å²) in [5.41, 5.74) is -0.0378. The second-order valence-electron chi connectivity index (χ2n) is 4.70. The van der Waals surface area contributed by atoms with E-state index in [1.165, 1.54) is 42.7 Å². The van der Waals surface area contributed by atoms with Crippen molar-refractivity contribution in [3.05, 3.63) is 52.2 Å². The smallest absolute Gasteiger partial charge is 0.387 e. The summed E-state index contributed by atoms with van der Waals surface area (Å²) in [5, 5.41) is 4.47. The Morgan fingerprint density at radius 1 is 1.21 bits per heavy atom. The third-order valence-electron chi connectivity index (χ3n) is 3.14. The molecule has 0 bridgehead atoms. The van der Waals surface area contributed by atoms with Gasteiger partial charge in [-0.15, -0.1) is 11.3 Å². The van der Waals surface area contributed by atoms with Crippen molar-refractivity contribution in [1.82, 2.24) is 5.32 Å². The van der Waals surface area contributed by atoms with Crippen molar-refractivity contribution in [1.29, 1.82) is 0 Å². The number of carbonyl (C=O) groups excluding carboxylic acids is 2. The maximum absolute atomic E-state index is 12.5. The van der Waals surface area contributed by atoms with Crippen LogP contribution in [0.2, 0.25) is 0 Å². The number of benzene rings is 1. The third-order valence-corrected chi connectivity index (χ3v) is 4.12. The molecule has 1 N–H and O–H groups in total. The van der Waals surface area contributed by atoms with Crippen LogP contribution in [-0.4, -0.2) is 25.6 Å². The van der Waals surface area contributed by atoms with E-state index in [1.54, 1.807) is 17.5 Å². The van der Waals surface area contributed by atoms with Crippen LogP contribution in [0.4, 0.5) is 8.78 Å². The van der Waals surface area contributed by atoms with Crippen LogP contribution < -0.4 is 10.1 Å². The van der Waals surface area contributed by atoms with Crippen molar-refractivity contribution in [2.75, 3.05) is 7.11 Å². The maximum Gasteiger partial charge on any atom is 0.387 e. The monoisotopic (exact) mass is 355 g/mol. The van der Waals surface area contributed by atoms with Crippen molar-refractivity contribution in [2.45, 2.75) is 19.1 Å². The van der Waals surface area contributed by atoms with Gasteiger partial charge in [-0.05, 0) is 23.6 Å². The Balaban J connectivity index is 2.20. The topological polar surface area (TPSA) is 64.6 Å². The zero-order chi connectivity index (χ0) is 17.5. The molecule has 1 amide bonds. The molecule has 24 heavy (non-hydrogen) atoms. The summed E-state index contributed by atoms with van der Waals surface area (Å²) < 4.78 is 33.9. The van der Waals surface area contributed by atoms with Gasteiger partial charge < -0.3 is 14.8 Å². The van der Waals surface area contributed by atoms with E-state index in [0.29, 0.717) is 0 Å². The Hall–Kier alpha value is -2.48. The molecular formula is C16H15F2NO4S. The maximum atomic E-state index is 12.5. The molecule has 1 heterocycles. The van der Waals surface area contributed by atoms with E-state index >= 15 is 0 Å². The molecule has 0 aliphatic heterocycles. The number of nitrogens with one attached hydrogen (secondary N) is 1. The Morgan fingerprint density at radius 3 is 2.58 bits per heavy atom. The molecule has 0 spiro atoms. The molecule has 0 unspecified atom stereocenters. The summed E-state index contributed by atoms with van der Waals surface area (Å²) >= 11 is 1.36.